The second-order valence-electron chi connectivity index (χ2n) is 22.6. The van der Waals surface area contributed by atoms with Crippen molar-refractivity contribution in [1.82, 2.24) is 36.0 Å². The molecule has 1 aliphatic rings. The molecule has 0 saturated carbocycles. The van der Waals surface area contributed by atoms with Gasteiger partial charge >= 0.3 is 6.09 Å². The summed E-state index contributed by atoms with van der Waals surface area (Å²) in [6.07, 6.45) is 0.647. The second-order valence-corrected chi connectivity index (χ2v) is 22.6. The summed E-state index contributed by atoms with van der Waals surface area (Å²) in [6, 6.07) is 10.3. The lowest BCUT2D eigenvalue weighted by Gasteiger charge is -2.41. The lowest BCUT2D eigenvalue weighted by atomic mass is 9.89. The van der Waals surface area contributed by atoms with Gasteiger partial charge in [-0.15, -0.1) is 0 Å². The Morgan fingerprint density at radius 2 is 1.34 bits per heavy atom. The molecule has 3 rings (SSSR count). The molecule has 1 fully saturated rings. The molecule has 8 amide bonds. The molecule has 0 spiro atoms. The molecule has 1 aliphatic heterocycles. The number of aliphatic hydroxyl groups excluding tert-OH is 1. The number of nitrogens with zero attached hydrogens (tertiary/aromatic N) is 3. The van der Waals surface area contributed by atoms with Crippen molar-refractivity contribution in [3.8, 4) is 0 Å². The third-order valence-electron chi connectivity index (χ3n) is 15.4. The van der Waals surface area contributed by atoms with E-state index in [9.17, 15) is 43.5 Å². The summed E-state index contributed by atoms with van der Waals surface area (Å²) in [7, 11) is 6.15. The highest BCUT2D eigenvalue weighted by Gasteiger charge is 2.44. The summed E-state index contributed by atoms with van der Waals surface area (Å²) >= 11 is 0. The predicted molar refractivity (Wildman–Crippen MR) is 307 cm³/mol. The van der Waals surface area contributed by atoms with Crippen molar-refractivity contribution in [1.29, 1.82) is 0 Å². The van der Waals surface area contributed by atoms with E-state index in [0.29, 0.717) is 55.5 Å². The number of nitrogens with one attached hydrogen (secondary N) is 5. The number of carbonyl (C=O) groups is 8. The van der Waals surface area contributed by atoms with Crippen molar-refractivity contribution in [2.24, 2.45) is 29.6 Å². The van der Waals surface area contributed by atoms with E-state index < -0.39 is 102 Å². The minimum Gasteiger partial charge on any atom is -0.445 e. The SMILES string of the molecule is CCCCC(=O)N[C@H](C(=O)N[C@H](C)C(=O)Nc1ccc(COC(=O)N(C)[C@H](C(=O)N[C@H](C(=O)N(C)[C@H]([C@@H](C)CC)[C@@H](CC(=O)N2CCC[C@H]2[C@H](OC)[C@@H](C)C(=O)N[C@H](C)[C@@H](O)c2ccccc2)OC)C(C)C)C(C)C)cc1)C(C)C. The molecule has 1 saturated heterocycles. The normalized spacial score (nSPS) is 17.6. The largest absolute Gasteiger partial charge is 0.445 e. The second kappa shape index (κ2) is 33.0. The number of likely N-dealkylation sites (tertiary alicyclic amines) is 1. The Morgan fingerprint density at radius 1 is 0.713 bits per heavy atom. The van der Waals surface area contributed by atoms with Crippen molar-refractivity contribution in [3.63, 3.8) is 0 Å². The number of rotatable bonds is 31. The molecule has 0 bridgehead atoms. The highest BCUT2D eigenvalue weighted by atomic mass is 16.6. The molecule has 0 radical (unpaired) electrons. The van der Waals surface area contributed by atoms with Gasteiger partial charge in [-0.05, 0) is 80.0 Å². The molecule has 12 atom stereocenters. The zero-order valence-corrected chi connectivity index (χ0v) is 50.5. The average Bonchev–Trinajstić information content (AvgIpc) is 3.96. The number of unbranched alkanes of at least 4 members (excludes halogenated alkanes) is 1. The van der Waals surface area contributed by atoms with Crippen LogP contribution in [0.4, 0.5) is 10.5 Å². The fourth-order valence-electron chi connectivity index (χ4n) is 10.4. The van der Waals surface area contributed by atoms with Crippen molar-refractivity contribution in [2.75, 3.05) is 40.2 Å². The highest BCUT2D eigenvalue weighted by Crippen LogP contribution is 2.30. The third-order valence-corrected chi connectivity index (χ3v) is 15.4. The number of aliphatic hydroxyl groups is 1. The van der Waals surface area contributed by atoms with Gasteiger partial charge in [0.25, 0.3) is 0 Å². The van der Waals surface area contributed by atoms with E-state index in [0.717, 1.165) is 6.42 Å². The van der Waals surface area contributed by atoms with Crippen LogP contribution in [0.1, 0.15) is 145 Å². The fraction of sp³-hybridized carbons (Fsp3) is 0.667. The van der Waals surface area contributed by atoms with Gasteiger partial charge in [-0.3, -0.25) is 38.5 Å². The minimum atomic E-state index is -1.04. The van der Waals surface area contributed by atoms with Crippen LogP contribution in [0.3, 0.4) is 0 Å². The first-order chi connectivity index (χ1) is 37.7. The molecule has 80 heavy (non-hydrogen) atoms. The molecule has 0 aliphatic carbocycles. The third kappa shape index (κ3) is 19.3. The van der Waals surface area contributed by atoms with Crippen LogP contribution >= 0.6 is 0 Å². The van der Waals surface area contributed by atoms with Crippen molar-refractivity contribution < 1.29 is 57.7 Å². The van der Waals surface area contributed by atoms with Crippen LogP contribution in [0.15, 0.2) is 54.6 Å². The Bertz CT molecular complexity index is 2320. The maximum Gasteiger partial charge on any atom is 0.410 e. The molecule has 1 heterocycles. The van der Waals surface area contributed by atoms with Crippen molar-refractivity contribution in [3.05, 3.63) is 65.7 Å². The number of likely N-dealkylation sites (N-methyl/N-ethyl adjacent to an activating group) is 2. The predicted octanol–water partition coefficient (Wildman–Crippen LogP) is 6.35. The number of carbonyl (C=O) groups excluding carboxylic acids is 8. The molecule has 2 aromatic rings. The van der Waals surface area contributed by atoms with Crippen LogP contribution in [-0.4, -0.2) is 157 Å². The van der Waals surface area contributed by atoms with Gasteiger partial charge in [0.05, 0.1) is 48.8 Å². The molecule has 448 valence electrons. The van der Waals surface area contributed by atoms with Gasteiger partial charge in [0.15, 0.2) is 0 Å². The molecular weight excluding hydrogens is 1020 g/mol. The van der Waals surface area contributed by atoms with E-state index in [-0.39, 0.29) is 48.5 Å². The van der Waals surface area contributed by atoms with Crippen LogP contribution in [0.5, 0.6) is 0 Å². The quantitative estimate of drug-likeness (QED) is 0.0483. The number of hydrogen-bond acceptors (Lipinski definition) is 12. The maximum absolute atomic E-state index is 14.7. The number of benzene rings is 2. The van der Waals surface area contributed by atoms with Crippen LogP contribution in [0, 0.1) is 29.6 Å². The zero-order chi connectivity index (χ0) is 60.1. The van der Waals surface area contributed by atoms with Gasteiger partial charge in [-0.1, -0.05) is 125 Å². The van der Waals surface area contributed by atoms with E-state index in [1.54, 1.807) is 87.9 Å². The molecular formula is C60H96N8O12. The lowest BCUT2D eigenvalue weighted by Crippen LogP contribution is -2.60. The van der Waals surface area contributed by atoms with Gasteiger partial charge in [-0.25, -0.2) is 4.79 Å². The van der Waals surface area contributed by atoms with E-state index in [1.807, 2.05) is 66.7 Å². The first kappa shape index (κ1) is 68.2. The number of anilines is 1. The summed E-state index contributed by atoms with van der Waals surface area (Å²) in [5.41, 5.74) is 1.71. The fourth-order valence-corrected chi connectivity index (χ4v) is 10.4. The Labute approximate surface area is 475 Å². The molecule has 20 heteroatoms. The average molecular weight is 1120 g/mol. The highest BCUT2D eigenvalue weighted by molar-refractivity contribution is 5.98. The summed E-state index contributed by atoms with van der Waals surface area (Å²) in [6.45, 7) is 22.1. The number of ether oxygens (including phenoxy) is 3. The van der Waals surface area contributed by atoms with E-state index in [1.165, 1.54) is 26.2 Å². The first-order valence-electron chi connectivity index (χ1n) is 28.6. The lowest BCUT2D eigenvalue weighted by molar-refractivity contribution is -0.148. The molecule has 20 nitrogen and oxygen atoms in total. The zero-order valence-electron chi connectivity index (χ0n) is 50.5. The Hall–Kier alpha value is -6.12. The van der Waals surface area contributed by atoms with Gasteiger partial charge < -0.3 is 55.7 Å². The molecule has 0 aromatic heterocycles. The van der Waals surface area contributed by atoms with E-state index in [4.69, 9.17) is 14.2 Å². The van der Waals surface area contributed by atoms with Gasteiger partial charge in [0, 0.05) is 47.0 Å². The van der Waals surface area contributed by atoms with Gasteiger partial charge in [-0.2, -0.15) is 0 Å². The summed E-state index contributed by atoms with van der Waals surface area (Å²) in [5.74, 6) is -4.44. The van der Waals surface area contributed by atoms with Crippen LogP contribution in [-0.2, 0) is 54.4 Å². The molecule has 0 unspecified atom stereocenters. The van der Waals surface area contributed by atoms with E-state index in [2.05, 4.69) is 26.6 Å². The van der Waals surface area contributed by atoms with Crippen molar-refractivity contribution >= 4 is 53.1 Å². The van der Waals surface area contributed by atoms with Crippen LogP contribution in [0.25, 0.3) is 0 Å². The maximum atomic E-state index is 14.7. The molecule has 6 N–H and O–H groups in total. The first-order valence-corrected chi connectivity index (χ1v) is 28.6. The number of hydrogen-bond donors (Lipinski definition) is 6. The summed E-state index contributed by atoms with van der Waals surface area (Å²) in [5, 5.41) is 25.0. The minimum absolute atomic E-state index is 0.0684. The molecule has 2 aromatic carbocycles. The topological polar surface area (TPSA) is 254 Å². The van der Waals surface area contributed by atoms with Crippen LogP contribution < -0.4 is 26.6 Å². The summed E-state index contributed by atoms with van der Waals surface area (Å²) < 4.78 is 17.7. The standard InChI is InChI=1S/C60H96N8O12/c1-17-19-27-47(69)64-49(35(3)4)57(74)62-41(12)56(73)63-44-30-28-42(29-31-44)34-80-60(77)67(14)51(37(7)8)58(75)65-50(36(5)6)59(76)66(13)52(38(9)18-2)46(78-15)33-48(70)68-32-23-26-45(68)54(79-16)39(10)55(72)61-40(11)53(71)43-24-21-20-22-25-43/h20-22,24-25,28-31,35-41,45-46,49-54,71H,17-19,23,26-27,32-34H2,1-16H3,(H,61,72)(H,62,74)(H,63,73)(H,64,69)(H,65,75)/t38-,39+,40+,41+,45-,46+,49-,50-,51-,52+,53+,54+/m0/s1. The smallest absolute Gasteiger partial charge is 0.410 e. The number of amides is 8. The summed E-state index contributed by atoms with van der Waals surface area (Å²) in [4.78, 5) is 114. The van der Waals surface area contributed by atoms with Crippen molar-refractivity contribution in [2.45, 2.75) is 195 Å². The van der Waals surface area contributed by atoms with Gasteiger partial charge in [0.2, 0.25) is 41.4 Å². The van der Waals surface area contributed by atoms with Crippen LogP contribution in [0.2, 0.25) is 0 Å². The van der Waals surface area contributed by atoms with E-state index >= 15 is 0 Å². The monoisotopic (exact) mass is 1120 g/mol. The Morgan fingerprint density at radius 3 is 1.89 bits per heavy atom. The number of methoxy groups -OCH3 is 2. The van der Waals surface area contributed by atoms with Gasteiger partial charge in [0.1, 0.15) is 30.8 Å². The Balaban J connectivity index is 1.67. The Kier molecular flexibility index (Phi) is 28.1.